The molecule has 0 aliphatic rings. The Kier molecular flexibility index (Phi) is 5.20. The Morgan fingerprint density at radius 1 is 1.19 bits per heavy atom. The van der Waals surface area contributed by atoms with Crippen molar-refractivity contribution >= 4 is 5.97 Å². The van der Waals surface area contributed by atoms with E-state index in [0.717, 1.165) is 0 Å². The smallest absolute Gasteiger partial charge is 0.333 e. The lowest BCUT2D eigenvalue weighted by Gasteiger charge is -2.34. The van der Waals surface area contributed by atoms with Gasteiger partial charge in [0.15, 0.2) is 0 Å². The molecule has 16 heavy (non-hydrogen) atoms. The molecule has 0 spiro atoms. The third-order valence-corrected chi connectivity index (χ3v) is 2.10. The number of rotatable bonds is 6. The van der Waals surface area contributed by atoms with E-state index >= 15 is 0 Å². The number of ether oxygens (including phenoxy) is 2. The van der Waals surface area contributed by atoms with Crippen molar-refractivity contribution in [1.82, 2.24) is 0 Å². The van der Waals surface area contributed by atoms with E-state index in [1.54, 1.807) is 6.92 Å². The lowest BCUT2D eigenvalue weighted by Crippen LogP contribution is -2.38. The van der Waals surface area contributed by atoms with Gasteiger partial charge in [-0.2, -0.15) is 0 Å². The molecule has 0 radical (unpaired) electrons. The Bertz CT molecular complexity index is 264. The van der Waals surface area contributed by atoms with Gasteiger partial charge in [-0.15, -0.1) is 0 Å². The number of esters is 1. The molecule has 3 heteroatoms. The summed E-state index contributed by atoms with van der Waals surface area (Å²) in [6, 6.07) is 0. The summed E-state index contributed by atoms with van der Waals surface area (Å²) in [7, 11) is 0. The number of carbonyl (C=O) groups excluding carboxylic acids is 1. The van der Waals surface area contributed by atoms with Crippen molar-refractivity contribution in [3.8, 4) is 0 Å². The molecule has 0 rings (SSSR count). The third-order valence-electron chi connectivity index (χ3n) is 2.10. The first-order valence-electron chi connectivity index (χ1n) is 5.62. The second kappa shape index (κ2) is 5.48. The molecule has 0 unspecified atom stereocenters. The number of hydrogen-bond donors (Lipinski definition) is 0. The Morgan fingerprint density at radius 3 is 2.06 bits per heavy atom. The van der Waals surface area contributed by atoms with Crippen molar-refractivity contribution in [2.24, 2.45) is 0 Å². The van der Waals surface area contributed by atoms with Crippen molar-refractivity contribution in [3.05, 3.63) is 12.2 Å². The first-order chi connectivity index (χ1) is 7.09. The van der Waals surface area contributed by atoms with E-state index in [1.807, 2.05) is 34.6 Å². The molecule has 0 saturated carbocycles. The highest BCUT2D eigenvalue weighted by Crippen LogP contribution is 2.26. The third kappa shape index (κ3) is 5.91. The maximum Gasteiger partial charge on any atom is 0.333 e. The highest BCUT2D eigenvalue weighted by atomic mass is 16.6. The molecule has 0 bridgehead atoms. The SMILES string of the molecule is C=C(C)C(=O)OC(C)(C)CC(C)(C)OCC. The van der Waals surface area contributed by atoms with E-state index in [9.17, 15) is 4.79 Å². The summed E-state index contributed by atoms with van der Waals surface area (Å²) in [6.45, 7) is 15.6. The molecular formula is C13H24O3. The number of carbonyl (C=O) groups is 1. The summed E-state index contributed by atoms with van der Waals surface area (Å²) in [4.78, 5) is 11.4. The first-order valence-corrected chi connectivity index (χ1v) is 5.62. The van der Waals surface area contributed by atoms with Crippen LogP contribution in [0.4, 0.5) is 0 Å². The lowest BCUT2D eigenvalue weighted by molar-refractivity contribution is -0.158. The zero-order valence-electron chi connectivity index (χ0n) is 11.3. The van der Waals surface area contributed by atoms with E-state index in [0.29, 0.717) is 18.6 Å². The van der Waals surface area contributed by atoms with E-state index in [4.69, 9.17) is 9.47 Å². The van der Waals surface area contributed by atoms with Gasteiger partial charge in [0, 0.05) is 18.6 Å². The van der Waals surface area contributed by atoms with Gasteiger partial charge in [-0.05, 0) is 41.5 Å². The largest absolute Gasteiger partial charge is 0.456 e. The van der Waals surface area contributed by atoms with Crippen LogP contribution in [0.1, 0.15) is 48.0 Å². The summed E-state index contributed by atoms with van der Waals surface area (Å²) < 4.78 is 11.0. The van der Waals surface area contributed by atoms with Crippen LogP contribution in [0, 0.1) is 0 Å². The molecule has 0 saturated heterocycles. The molecule has 0 amide bonds. The summed E-state index contributed by atoms with van der Waals surface area (Å²) >= 11 is 0. The number of hydrogen-bond acceptors (Lipinski definition) is 3. The van der Waals surface area contributed by atoms with Crippen LogP contribution in [0.3, 0.4) is 0 Å². The van der Waals surface area contributed by atoms with Gasteiger partial charge in [0.25, 0.3) is 0 Å². The monoisotopic (exact) mass is 228 g/mol. The van der Waals surface area contributed by atoms with Crippen molar-refractivity contribution < 1.29 is 14.3 Å². The predicted octanol–water partition coefficient (Wildman–Crippen LogP) is 3.09. The van der Waals surface area contributed by atoms with E-state index in [2.05, 4.69) is 6.58 Å². The molecule has 0 aromatic carbocycles. The molecular weight excluding hydrogens is 204 g/mol. The van der Waals surface area contributed by atoms with Crippen LogP contribution < -0.4 is 0 Å². The normalized spacial score (nSPS) is 12.4. The fraction of sp³-hybridized carbons (Fsp3) is 0.769. The van der Waals surface area contributed by atoms with Gasteiger partial charge in [0.2, 0.25) is 0 Å². The second-order valence-electron chi connectivity index (χ2n) is 5.30. The van der Waals surface area contributed by atoms with Gasteiger partial charge < -0.3 is 9.47 Å². The Labute approximate surface area is 98.8 Å². The van der Waals surface area contributed by atoms with Crippen LogP contribution in [0.2, 0.25) is 0 Å². The molecule has 0 atom stereocenters. The van der Waals surface area contributed by atoms with Crippen LogP contribution in [0.15, 0.2) is 12.2 Å². The van der Waals surface area contributed by atoms with Gasteiger partial charge in [0.1, 0.15) is 5.60 Å². The maximum absolute atomic E-state index is 11.4. The molecule has 3 nitrogen and oxygen atoms in total. The van der Waals surface area contributed by atoms with Crippen LogP contribution in [-0.4, -0.2) is 23.8 Å². The summed E-state index contributed by atoms with van der Waals surface area (Å²) in [5.41, 5.74) is -0.426. The Hall–Kier alpha value is -0.830. The minimum absolute atomic E-state index is 0.298. The van der Waals surface area contributed by atoms with E-state index in [1.165, 1.54) is 0 Å². The van der Waals surface area contributed by atoms with Crippen molar-refractivity contribution in [2.45, 2.75) is 59.2 Å². The van der Waals surface area contributed by atoms with Crippen LogP contribution in [-0.2, 0) is 14.3 Å². The maximum atomic E-state index is 11.4. The van der Waals surface area contributed by atoms with E-state index < -0.39 is 5.60 Å². The average molecular weight is 228 g/mol. The van der Waals surface area contributed by atoms with Gasteiger partial charge in [-0.25, -0.2) is 4.79 Å². The Morgan fingerprint density at radius 2 is 1.69 bits per heavy atom. The molecule has 0 aromatic rings. The second-order valence-corrected chi connectivity index (χ2v) is 5.30. The average Bonchev–Trinajstić information content (AvgIpc) is 1.99. The zero-order chi connectivity index (χ0) is 13.0. The Balaban J connectivity index is 4.45. The molecule has 0 aromatic heterocycles. The molecule has 94 valence electrons. The zero-order valence-corrected chi connectivity index (χ0v) is 11.3. The fourth-order valence-electron chi connectivity index (χ4n) is 1.84. The van der Waals surface area contributed by atoms with Crippen LogP contribution >= 0.6 is 0 Å². The van der Waals surface area contributed by atoms with Gasteiger partial charge in [-0.3, -0.25) is 0 Å². The first kappa shape index (κ1) is 15.2. The van der Waals surface area contributed by atoms with Gasteiger partial charge in [-0.1, -0.05) is 6.58 Å². The topological polar surface area (TPSA) is 35.5 Å². The summed E-state index contributed by atoms with van der Waals surface area (Å²) in [5, 5.41) is 0. The van der Waals surface area contributed by atoms with Crippen molar-refractivity contribution in [1.29, 1.82) is 0 Å². The molecule has 0 fully saturated rings. The standard InChI is InChI=1S/C13H24O3/c1-8-15-12(4,5)9-13(6,7)16-11(14)10(2)3/h2,8-9H2,1,3-7H3. The van der Waals surface area contributed by atoms with Crippen LogP contribution in [0.25, 0.3) is 0 Å². The minimum atomic E-state index is -0.547. The molecule has 0 heterocycles. The molecule has 0 aliphatic heterocycles. The molecule has 0 aliphatic carbocycles. The fourth-order valence-corrected chi connectivity index (χ4v) is 1.84. The quantitative estimate of drug-likeness (QED) is 0.517. The van der Waals surface area contributed by atoms with Gasteiger partial charge >= 0.3 is 5.97 Å². The lowest BCUT2D eigenvalue weighted by atomic mass is 9.92. The predicted molar refractivity (Wildman–Crippen MR) is 65.3 cm³/mol. The summed E-state index contributed by atoms with van der Waals surface area (Å²) in [6.07, 6.45) is 0.646. The van der Waals surface area contributed by atoms with Crippen LogP contribution in [0.5, 0.6) is 0 Å². The highest BCUT2D eigenvalue weighted by Gasteiger charge is 2.32. The van der Waals surface area contributed by atoms with Crippen molar-refractivity contribution in [2.75, 3.05) is 6.61 Å². The van der Waals surface area contributed by atoms with Gasteiger partial charge in [0.05, 0.1) is 5.60 Å². The minimum Gasteiger partial charge on any atom is -0.456 e. The molecule has 0 N–H and O–H groups in total. The summed E-state index contributed by atoms with van der Waals surface area (Å²) in [5.74, 6) is -0.350. The highest BCUT2D eigenvalue weighted by molar-refractivity contribution is 5.87. The van der Waals surface area contributed by atoms with E-state index in [-0.39, 0.29) is 11.6 Å². The van der Waals surface area contributed by atoms with Crippen molar-refractivity contribution in [3.63, 3.8) is 0 Å².